The summed E-state index contributed by atoms with van der Waals surface area (Å²) in [4.78, 5) is 11.5. The summed E-state index contributed by atoms with van der Waals surface area (Å²) in [5, 5.41) is 0. The third-order valence-electron chi connectivity index (χ3n) is 3.98. The molecular formula is C14H20ClFN2O4S. The molecule has 1 unspecified atom stereocenters. The van der Waals surface area contributed by atoms with E-state index >= 15 is 0 Å². The average Bonchev–Trinajstić information content (AvgIpc) is 2.90. The number of hydrogen-bond donors (Lipinski definition) is 1. The molecule has 0 saturated carbocycles. The van der Waals surface area contributed by atoms with E-state index < -0.39 is 21.8 Å². The molecule has 0 radical (unpaired) electrons. The molecule has 1 atom stereocenters. The minimum absolute atomic E-state index is 0. The molecule has 1 fully saturated rings. The van der Waals surface area contributed by atoms with Gasteiger partial charge in [0.25, 0.3) is 0 Å². The van der Waals surface area contributed by atoms with Crippen molar-refractivity contribution in [3.63, 3.8) is 0 Å². The lowest BCUT2D eigenvalue weighted by Gasteiger charge is -2.23. The topological polar surface area (TPSA) is 89.7 Å². The lowest BCUT2D eigenvalue weighted by atomic mass is 9.90. The van der Waals surface area contributed by atoms with E-state index in [4.69, 9.17) is 5.73 Å². The van der Waals surface area contributed by atoms with Gasteiger partial charge in [-0.1, -0.05) is 6.92 Å². The van der Waals surface area contributed by atoms with E-state index in [2.05, 4.69) is 4.74 Å². The predicted octanol–water partition coefficient (Wildman–Crippen LogP) is 1.39. The normalized spacial score (nSPS) is 21.7. The fourth-order valence-corrected chi connectivity index (χ4v) is 4.24. The Bertz CT molecular complexity index is 698. The third kappa shape index (κ3) is 3.82. The van der Waals surface area contributed by atoms with Crippen molar-refractivity contribution in [1.29, 1.82) is 0 Å². The van der Waals surface area contributed by atoms with Crippen LogP contribution in [0, 0.1) is 11.2 Å². The zero-order chi connectivity index (χ0) is 16.5. The number of hydrogen-bond acceptors (Lipinski definition) is 5. The molecule has 0 aromatic heterocycles. The van der Waals surface area contributed by atoms with Gasteiger partial charge >= 0.3 is 5.97 Å². The summed E-state index contributed by atoms with van der Waals surface area (Å²) in [5.74, 6) is -1.59. The first kappa shape index (κ1) is 19.8. The number of esters is 1. The number of halogens is 2. The molecule has 6 nitrogen and oxygen atoms in total. The Kier molecular flexibility index (Phi) is 6.14. The Labute approximate surface area is 141 Å². The molecule has 0 aliphatic carbocycles. The van der Waals surface area contributed by atoms with Gasteiger partial charge in [0, 0.05) is 13.1 Å². The zero-order valence-corrected chi connectivity index (χ0v) is 14.5. The highest BCUT2D eigenvalue weighted by atomic mass is 35.5. The van der Waals surface area contributed by atoms with Crippen LogP contribution in [0.2, 0.25) is 0 Å². The number of benzene rings is 1. The van der Waals surface area contributed by atoms with Crippen molar-refractivity contribution >= 4 is 28.4 Å². The summed E-state index contributed by atoms with van der Waals surface area (Å²) < 4.78 is 44.7. The number of sulfonamides is 1. The molecule has 1 aromatic carbocycles. The molecule has 23 heavy (non-hydrogen) atoms. The van der Waals surface area contributed by atoms with Crippen LogP contribution in [-0.2, 0) is 14.8 Å². The molecule has 1 aromatic rings. The van der Waals surface area contributed by atoms with E-state index in [0.29, 0.717) is 19.5 Å². The van der Waals surface area contributed by atoms with E-state index in [9.17, 15) is 17.6 Å². The lowest BCUT2D eigenvalue weighted by Crippen LogP contribution is -2.35. The zero-order valence-electron chi connectivity index (χ0n) is 12.9. The molecule has 0 bridgehead atoms. The van der Waals surface area contributed by atoms with Crippen LogP contribution in [0.25, 0.3) is 0 Å². The maximum atomic E-state index is 13.4. The van der Waals surface area contributed by atoms with Crippen LogP contribution < -0.4 is 5.73 Å². The van der Waals surface area contributed by atoms with Gasteiger partial charge in [-0.05, 0) is 36.6 Å². The van der Waals surface area contributed by atoms with Crippen LogP contribution in [0.3, 0.4) is 0 Å². The van der Waals surface area contributed by atoms with Crippen LogP contribution in [-0.4, -0.2) is 45.4 Å². The second-order valence-corrected chi connectivity index (χ2v) is 7.64. The van der Waals surface area contributed by atoms with Gasteiger partial charge in [0.15, 0.2) is 0 Å². The van der Waals surface area contributed by atoms with Crippen LogP contribution in [0.15, 0.2) is 23.1 Å². The van der Waals surface area contributed by atoms with Gasteiger partial charge < -0.3 is 10.5 Å². The van der Waals surface area contributed by atoms with Gasteiger partial charge in [0.2, 0.25) is 10.0 Å². The lowest BCUT2D eigenvalue weighted by molar-refractivity contribution is 0.0595. The summed E-state index contributed by atoms with van der Waals surface area (Å²) in [6, 6.07) is 2.98. The van der Waals surface area contributed by atoms with Crippen molar-refractivity contribution in [3.05, 3.63) is 29.6 Å². The Hall–Kier alpha value is -1.22. The van der Waals surface area contributed by atoms with E-state index in [0.717, 1.165) is 25.3 Å². The first-order chi connectivity index (χ1) is 10.2. The highest BCUT2D eigenvalue weighted by molar-refractivity contribution is 7.89. The molecule has 1 heterocycles. The third-order valence-corrected chi connectivity index (χ3v) is 5.88. The smallest absolute Gasteiger partial charge is 0.339 e. The maximum Gasteiger partial charge on any atom is 0.339 e. The highest BCUT2D eigenvalue weighted by Crippen LogP contribution is 2.33. The van der Waals surface area contributed by atoms with E-state index in [-0.39, 0.29) is 34.8 Å². The molecule has 1 aliphatic rings. The fraction of sp³-hybridized carbons (Fsp3) is 0.500. The van der Waals surface area contributed by atoms with Gasteiger partial charge in [-0.2, -0.15) is 4.31 Å². The van der Waals surface area contributed by atoms with Crippen LogP contribution >= 0.6 is 12.4 Å². The first-order valence-electron chi connectivity index (χ1n) is 6.81. The summed E-state index contributed by atoms with van der Waals surface area (Å²) >= 11 is 0. The van der Waals surface area contributed by atoms with Gasteiger partial charge in [-0.3, -0.25) is 0 Å². The van der Waals surface area contributed by atoms with Gasteiger partial charge in [0.05, 0.1) is 17.6 Å². The largest absolute Gasteiger partial charge is 0.465 e. The van der Waals surface area contributed by atoms with Crippen molar-refractivity contribution in [2.75, 3.05) is 26.7 Å². The standard InChI is InChI=1S/C14H19FN2O4S.ClH/c1-14(8-16)5-6-17(9-14)22(19,20)12-4-3-10(15)7-11(12)13(18)21-2;/h3-4,7H,5-6,8-9,16H2,1-2H3;1H. The highest BCUT2D eigenvalue weighted by Gasteiger charge is 2.40. The number of rotatable bonds is 4. The molecule has 1 saturated heterocycles. The monoisotopic (exact) mass is 366 g/mol. The summed E-state index contributed by atoms with van der Waals surface area (Å²) in [6.45, 7) is 2.86. The molecule has 0 spiro atoms. The van der Waals surface area contributed by atoms with Crippen LogP contribution in [0.1, 0.15) is 23.7 Å². The van der Waals surface area contributed by atoms with Gasteiger partial charge in [0.1, 0.15) is 5.82 Å². The Morgan fingerprint density at radius 3 is 2.65 bits per heavy atom. The average molecular weight is 367 g/mol. The SMILES string of the molecule is COC(=O)c1cc(F)ccc1S(=O)(=O)N1CCC(C)(CN)C1.Cl. The second kappa shape index (κ2) is 7.12. The maximum absolute atomic E-state index is 13.4. The second-order valence-electron chi connectivity index (χ2n) is 5.74. The molecule has 9 heteroatoms. The molecular weight excluding hydrogens is 347 g/mol. The molecule has 1 aliphatic heterocycles. The minimum atomic E-state index is -3.91. The first-order valence-corrected chi connectivity index (χ1v) is 8.25. The summed E-state index contributed by atoms with van der Waals surface area (Å²) in [5.41, 5.74) is 5.09. The number of nitrogens with two attached hydrogens (primary N) is 1. The van der Waals surface area contributed by atoms with Crippen molar-refractivity contribution in [1.82, 2.24) is 4.31 Å². The quantitative estimate of drug-likeness (QED) is 0.813. The van der Waals surface area contributed by atoms with Crippen molar-refractivity contribution in [3.8, 4) is 0 Å². The fourth-order valence-electron chi connectivity index (χ4n) is 2.49. The predicted molar refractivity (Wildman–Crippen MR) is 85.5 cm³/mol. The summed E-state index contributed by atoms with van der Waals surface area (Å²) in [7, 11) is -2.80. The molecule has 2 rings (SSSR count). The Morgan fingerprint density at radius 1 is 1.48 bits per heavy atom. The van der Waals surface area contributed by atoms with E-state index in [1.807, 2.05) is 6.92 Å². The number of nitrogens with zero attached hydrogens (tertiary/aromatic N) is 1. The van der Waals surface area contributed by atoms with E-state index in [1.165, 1.54) is 4.31 Å². The van der Waals surface area contributed by atoms with Crippen LogP contribution in [0.5, 0.6) is 0 Å². The number of methoxy groups -OCH3 is 1. The Balaban J connectivity index is 0.00000264. The molecule has 0 amide bonds. The molecule has 130 valence electrons. The van der Waals surface area contributed by atoms with Crippen molar-refractivity contribution < 1.29 is 22.3 Å². The number of ether oxygens (including phenoxy) is 1. The van der Waals surface area contributed by atoms with Gasteiger partial charge in [-0.15, -0.1) is 12.4 Å². The van der Waals surface area contributed by atoms with Crippen LogP contribution in [0.4, 0.5) is 4.39 Å². The number of carbonyl (C=O) groups excluding carboxylic acids is 1. The molecule has 2 N–H and O–H groups in total. The Morgan fingerprint density at radius 2 is 2.13 bits per heavy atom. The van der Waals surface area contributed by atoms with Gasteiger partial charge in [-0.25, -0.2) is 17.6 Å². The number of carbonyl (C=O) groups is 1. The van der Waals surface area contributed by atoms with Crippen molar-refractivity contribution in [2.45, 2.75) is 18.2 Å². The van der Waals surface area contributed by atoms with E-state index in [1.54, 1.807) is 0 Å². The van der Waals surface area contributed by atoms with Crippen molar-refractivity contribution in [2.24, 2.45) is 11.1 Å². The summed E-state index contributed by atoms with van der Waals surface area (Å²) in [6.07, 6.45) is 0.636. The minimum Gasteiger partial charge on any atom is -0.465 e.